The Labute approximate surface area is 106 Å². The van der Waals surface area contributed by atoms with E-state index in [1.165, 1.54) is 12.1 Å². The van der Waals surface area contributed by atoms with E-state index < -0.39 is 26.5 Å². The molecule has 1 aromatic rings. The lowest BCUT2D eigenvalue weighted by molar-refractivity contribution is 0.0595. The van der Waals surface area contributed by atoms with E-state index >= 15 is 0 Å². The van der Waals surface area contributed by atoms with Gasteiger partial charge in [0, 0.05) is 6.26 Å². The highest BCUT2D eigenvalue weighted by Crippen LogP contribution is 2.24. The molecule has 6 heteroatoms. The third kappa shape index (κ3) is 2.87. The van der Waals surface area contributed by atoms with Gasteiger partial charge in [-0.1, -0.05) is 19.4 Å². The second kappa shape index (κ2) is 5.48. The molecule has 0 bridgehead atoms. The van der Waals surface area contributed by atoms with Crippen molar-refractivity contribution in [3.05, 3.63) is 29.1 Å². The summed E-state index contributed by atoms with van der Waals surface area (Å²) < 4.78 is 41.8. The van der Waals surface area contributed by atoms with E-state index in [0.29, 0.717) is 18.4 Å². The molecule has 0 fully saturated rings. The van der Waals surface area contributed by atoms with Crippen molar-refractivity contribution in [3.63, 3.8) is 0 Å². The van der Waals surface area contributed by atoms with Crippen molar-refractivity contribution < 1.29 is 22.3 Å². The molecule has 100 valence electrons. The fraction of sp³-hybridized carbons (Fsp3) is 0.417. The molecule has 1 rings (SSSR count). The number of rotatable bonds is 4. The second-order valence-corrected chi connectivity index (χ2v) is 5.88. The Kier molecular flexibility index (Phi) is 4.45. The summed E-state index contributed by atoms with van der Waals surface area (Å²) >= 11 is 0. The van der Waals surface area contributed by atoms with Crippen LogP contribution in [0.15, 0.2) is 17.0 Å². The number of hydrogen-bond donors (Lipinski definition) is 0. The molecule has 0 aliphatic heterocycles. The zero-order valence-electron chi connectivity index (χ0n) is 10.5. The zero-order valence-corrected chi connectivity index (χ0v) is 11.3. The lowest BCUT2D eigenvalue weighted by atomic mass is 10.1. The van der Waals surface area contributed by atoms with Crippen LogP contribution in [0, 0.1) is 5.82 Å². The van der Waals surface area contributed by atoms with Gasteiger partial charge in [-0.05, 0) is 18.1 Å². The van der Waals surface area contributed by atoms with E-state index in [-0.39, 0.29) is 5.56 Å². The van der Waals surface area contributed by atoms with Gasteiger partial charge in [-0.15, -0.1) is 0 Å². The molecule has 0 aromatic heterocycles. The zero-order chi connectivity index (χ0) is 13.9. The quantitative estimate of drug-likeness (QED) is 0.788. The number of methoxy groups -OCH3 is 1. The predicted molar refractivity (Wildman–Crippen MR) is 64.8 cm³/mol. The van der Waals surface area contributed by atoms with Gasteiger partial charge < -0.3 is 4.74 Å². The van der Waals surface area contributed by atoms with Crippen LogP contribution in [0.4, 0.5) is 4.39 Å². The second-order valence-electron chi connectivity index (χ2n) is 3.93. The maximum atomic E-state index is 14.1. The van der Waals surface area contributed by atoms with E-state index in [0.717, 1.165) is 13.4 Å². The Bertz CT molecular complexity index is 564. The number of halogens is 1. The summed E-state index contributed by atoms with van der Waals surface area (Å²) in [6.45, 7) is 1.86. The molecule has 0 unspecified atom stereocenters. The summed E-state index contributed by atoms with van der Waals surface area (Å²) in [5.74, 6) is -1.92. The molecule has 0 spiro atoms. The molecule has 0 heterocycles. The van der Waals surface area contributed by atoms with Crippen LogP contribution >= 0.6 is 0 Å². The lowest BCUT2D eigenvalue weighted by Gasteiger charge is -2.11. The van der Waals surface area contributed by atoms with Crippen LogP contribution in [0.25, 0.3) is 0 Å². The lowest BCUT2D eigenvalue weighted by Crippen LogP contribution is -2.12. The fourth-order valence-corrected chi connectivity index (χ4v) is 2.81. The van der Waals surface area contributed by atoms with Crippen LogP contribution in [-0.4, -0.2) is 27.8 Å². The van der Waals surface area contributed by atoms with E-state index in [1.54, 1.807) is 0 Å². The van der Waals surface area contributed by atoms with Crippen molar-refractivity contribution >= 4 is 15.8 Å². The third-order valence-corrected chi connectivity index (χ3v) is 3.66. The van der Waals surface area contributed by atoms with E-state index in [4.69, 9.17) is 0 Å². The van der Waals surface area contributed by atoms with Gasteiger partial charge in [0.05, 0.1) is 12.7 Å². The highest BCUT2D eigenvalue weighted by molar-refractivity contribution is 7.90. The summed E-state index contributed by atoms with van der Waals surface area (Å²) in [6, 6.07) is 2.70. The molecule has 0 N–H and O–H groups in total. The van der Waals surface area contributed by atoms with Gasteiger partial charge in [0.1, 0.15) is 4.90 Å². The number of carbonyl (C=O) groups excluding carboxylic acids is 1. The van der Waals surface area contributed by atoms with E-state index in [1.807, 2.05) is 6.92 Å². The third-order valence-electron chi connectivity index (χ3n) is 2.47. The Morgan fingerprint density at radius 3 is 2.44 bits per heavy atom. The van der Waals surface area contributed by atoms with Gasteiger partial charge in [0.25, 0.3) is 0 Å². The monoisotopic (exact) mass is 274 g/mol. The highest BCUT2D eigenvalue weighted by atomic mass is 32.2. The molecule has 0 atom stereocenters. The maximum Gasteiger partial charge on any atom is 0.340 e. The van der Waals surface area contributed by atoms with Crippen molar-refractivity contribution in [2.24, 2.45) is 0 Å². The molecule has 0 saturated carbocycles. The number of esters is 1. The van der Waals surface area contributed by atoms with Gasteiger partial charge in [-0.2, -0.15) is 0 Å². The molecule has 18 heavy (non-hydrogen) atoms. The number of carbonyl (C=O) groups is 1. The van der Waals surface area contributed by atoms with Gasteiger partial charge in [-0.3, -0.25) is 0 Å². The van der Waals surface area contributed by atoms with Crippen LogP contribution in [0.1, 0.15) is 29.3 Å². The molecule has 0 aliphatic rings. The highest BCUT2D eigenvalue weighted by Gasteiger charge is 2.24. The molecule has 0 radical (unpaired) electrons. The Balaban J connectivity index is 3.55. The summed E-state index contributed by atoms with van der Waals surface area (Å²) in [4.78, 5) is 10.9. The first-order valence-corrected chi connectivity index (χ1v) is 7.31. The van der Waals surface area contributed by atoms with Crippen LogP contribution in [-0.2, 0) is 21.0 Å². The first kappa shape index (κ1) is 14.6. The Morgan fingerprint density at radius 2 is 2.00 bits per heavy atom. The van der Waals surface area contributed by atoms with Crippen LogP contribution < -0.4 is 0 Å². The number of hydrogen-bond acceptors (Lipinski definition) is 4. The standard InChI is InChI=1S/C12H15FO4S/c1-4-5-8-6-7-9(12(14)17-2)10(13)11(8)18(3,15)16/h6-7H,4-5H2,1-3H3. The molecule has 0 amide bonds. The molecular formula is C12H15FO4S. The summed E-state index contributed by atoms with van der Waals surface area (Å²) in [6.07, 6.45) is 2.03. The van der Waals surface area contributed by atoms with Crippen molar-refractivity contribution in [1.82, 2.24) is 0 Å². The fourth-order valence-electron chi connectivity index (χ4n) is 1.73. The van der Waals surface area contributed by atoms with Gasteiger partial charge in [-0.25, -0.2) is 17.6 Å². The number of aryl methyl sites for hydroxylation is 1. The average molecular weight is 274 g/mol. The first-order valence-electron chi connectivity index (χ1n) is 5.42. The molecule has 1 aromatic carbocycles. The molecular weight excluding hydrogens is 259 g/mol. The first-order chi connectivity index (χ1) is 8.32. The summed E-state index contributed by atoms with van der Waals surface area (Å²) in [7, 11) is -2.62. The van der Waals surface area contributed by atoms with Gasteiger partial charge in [0.2, 0.25) is 0 Å². The summed E-state index contributed by atoms with van der Waals surface area (Å²) in [5, 5.41) is 0. The smallest absolute Gasteiger partial charge is 0.340 e. The largest absolute Gasteiger partial charge is 0.465 e. The van der Waals surface area contributed by atoms with Crippen molar-refractivity contribution in [2.75, 3.05) is 13.4 Å². The van der Waals surface area contributed by atoms with Crippen LogP contribution in [0.3, 0.4) is 0 Å². The predicted octanol–water partition coefficient (Wildman–Crippen LogP) is 1.97. The molecule has 0 aliphatic carbocycles. The Morgan fingerprint density at radius 1 is 1.39 bits per heavy atom. The minimum Gasteiger partial charge on any atom is -0.465 e. The van der Waals surface area contributed by atoms with Gasteiger partial charge >= 0.3 is 5.97 Å². The molecule has 4 nitrogen and oxygen atoms in total. The van der Waals surface area contributed by atoms with Crippen molar-refractivity contribution in [2.45, 2.75) is 24.7 Å². The minimum atomic E-state index is -3.73. The summed E-state index contributed by atoms with van der Waals surface area (Å²) in [5.41, 5.74) is 0.0166. The Hall–Kier alpha value is -1.43. The van der Waals surface area contributed by atoms with E-state index in [2.05, 4.69) is 4.74 Å². The van der Waals surface area contributed by atoms with Gasteiger partial charge in [0.15, 0.2) is 15.7 Å². The van der Waals surface area contributed by atoms with Crippen LogP contribution in [0.2, 0.25) is 0 Å². The minimum absolute atomic E-state index is 0.363. The number of sulfone groups is 1. The normalized spacial score (nSPS) is 11.3. The van der Waals surface area contributed by atoms with Crippen molar-refractivity contribution in [1.29, 1.82) is 0 Å². The van der Waals surface area contributed by atoms with E-state index in [9.17, 15) is 17.6 Å². The van der Waals surface area contributed by atoms with Crippen molar-refractivity contribution in [3.8, 4) is 0 Å². The molecule has 0 saturated heterocycles. The van der Waals surface area contributed by atoms with Crippen LogP contribution in [0.5, 0.6) is 0 Å². The number of benzene rings is 1. The average Bonchev–Trinajstić information content (AvgIpc) is 2.27. The topological polar surface area (TPSA) is 60.4 Å². The number of ether oxygens (including phenoxy) is 1. The maximum absolute atomic E-state index is 14.1. The SMILES string of the molecule is CCCc1ccc(C(=O)OC)c(F)c1S(C)(=O)=O.